The Kier molecular flexibility index (Phi) is 5.54. The van der Waals surface area contributed by atoms with E-state index >= 15 is 0 Å². The first kappa shape index (κ1) is 20.1. The summed E-state index contributed by atoms with van der Waals surface area (Å²) in [6.45, 7) is 4.12. The molecule has 3 heterocycles. The number of ketones is 1. The first-order valence-electron chi connectivity index (χ1n) is 9.78. The van der Waals surface area contributed by atoms with Crippen LogP contribution in [0.1, 0.15) is 23.7 Å². The zero-order valence-electron chi connectivity index (χ0n) is 16.6. The molecule has 0 spiro atoms. The average Bonchev–Trinajstić information content (AvgIpc) is 3.22. The number of piperazine rings is 1. The van der Waals surface area contributed by atoms with E-state index in [0.29, 0.717) is 42.0 Å². The number of fused-ring (bicyclic) bond motifs is 1. The van der Waals surface area contributed by atoms with E-state index in [-0.39, 0.29) is 30.2 Å². The quantitative estimate of drug-likeness (QED) is 0.627. The maximum absolute atomic E-state index is 12.6. The van der Waals surface area contributed by atoms with Crippen molar-refractivity contribution in [3.05, 3.63) is 62.1 Å². The molecule has 156 valence electrons. The second-order valence-corrected chi connectivity index (χ2v) is 8.19. The number of carbonyl (C=O) groups is 2. The predicted molar refractivity (Wildman–Crippen MR) is 117 cm³/mol. The molecular weight excluding hydrogens is 404 g/mol. The van der Waals surface area contributed by atoms with Gasteiger partial charge in [0, 0.05) is 50.4 Å². The average molecular weight is 426 g/mol. The normalized spacial score (nSPS) is 14.3. The van der Waals surface area contributed by atoms with Crippen LogP contribution < -0.4 is 16.1 Å². The summed E-state index contributed by atoms with van der Waals surface area (Å²) in [6, 6.07) is 9.18. The van der Waals surface area contributed by atoms with E-state index in [2.05, 4.69) is 9.88 Å². The van der Waals surface area contributed by atoms with Crippen LogP contribution in [0.4, 0.5) is 5.69 Å². The molecule has 1 aliphatic heterocycles. The second-order valence-electron chi connectivity index (χ2n) is 7.27. The maximum Gasteiger partial charge on any atom is 0.328 e. The monoisotopic (exact) mass is 426 g/mol. The Hall–Kier alpha value is -3.20. The number of nitrogens with one attached hydrogen (secondary N) is 1. The van der Waals surface area contributed by atoms with Crippen LogP contribution in [0, 0.1) is 0 Å². The number of rotatable bonds is 5. The Balaban J connectivity index is 1.35. The van der Waals surface area contributed by atoms with Gasteiger partial charge in [-0.25, -0.2) is 4.79 Å². The molecule has 0 saturated carbocycles. The number of aromatic amines is 1. The minimum absolute atomic E-state index is 0.0353. The van der Waals surface area contributed by atoms with Gasteiger partial charge in [-0.3, -0.25) is 19.0 Å². The fraction of sp³-hybridized carbons (Fsp3) is 0.333. The number of amides is 1. The Labute approximate surface area is 176 Å². The van der Waals surface area contributed by atoms with E-state index in [1.165, 1.54) is 11.3 Å². The molecule has 1 fully saturated rings. The van der Waals surface area contributed by atoms with Crippen molar-refractivity contribution in [1.29, 1.82) is 0 Å². The lowest BCUT2D eigenvalue weighted by atomic mass is 10.1. The van der Waals surface area contributed by atoms with Crippen LogP contribution in [0.5, 0.6) is 0 Å². The van der Waals surface area contributed by atoms with Crippen molar-refractivity contribution in [3.8, 4) is 0 Å². The molecule has 1 amide bonds. The van der Waals surface area contributed by atoms with Crippen molar-refractivity contribution in [2.45, 2.75) is 19.9 Å². The third-order valence-electron chi connectivity index (χ3n) is 5.41. The Bertz CT molecular complexity index is 1200. The molecule has 30 heavy (non-hydrogen) atoms. The van der Waals surface area contributed by atoms with Crippen molar-refractivity contribution in [1.82, 2.24) is 14.5 Å². The summed E-state index contributed by atoms with van der Waals surface area (Å²) < 4.78 is 1.59. The largest absolute Gasteiger partial charge is 0.368 e. The van der Waals surface area contributed by atoms with E-state index in [1.807, 2.05) is 24.3 Å². The minimum atomic E-state index is -0.488. The van der Waals surface area contributed by atoms with E-state index in [1.54, 1.807) is 23.3 Å². The summed E-state index contributed by atoms with van der Waals surface area (Å²) in [5, 5.41) is 1.75. The van der Waals surface area contributed by atoms with Gasteiger partial charge in [0.05, 0.1) is 5.52 Å². The number of thiophene rings is 1. The molecule has 0 bridgehead atoms. The molecule has 1 aliphatic rings. The number of carbonyl (C=O) groups excluding carboxylic acids is 2. The predicted octanol–water partition coefficient (Wildman–Crippen LogP) is 1.69. The Morgan fingerprint density at radius 2 is 1.73 bits per heavy atom. The lowest BCUT2D eigenvalue weighted by Crippen LogP contribution is -2.49. The van der Waals surface area contributed by atoms with Crippen LogP contribution in [0.15, 0.2) is 45.3 Å². The SMILES string of the molecule is CC(=O)c1ccc(N2CCN(C(=O)CCn3c(=O)[nH]c4ccsc4c3=O)CC2)cc1. The third kappa shape index (κ3) is 3.93. The topological polar surface area (TPSA) is 95.5 Å². The van der Waals surface area contributed by atoms with Crippen molar-refractivity contribution >= 4 is 38.9 Å². The van der Waals surface area contributed by atoms with Gasteiger partial charge in [0.15, 0.2) is 5.78 Å². The van der Waals surface area contributed by atoms with Crippen LogP contribution in [-0.2, 0) is 11.3 Å². The molecule has 1 aromatic carbocycles. The molecule has 0 atom stereocenters. The molecule has 2 aromatic heterocycles. The van der Waals surface area contributed by atoms with Gasteiger partial charge >= 0.3 is 5.69 Å². The van der Waals surface area contributed by atoms with E-state index in [9.17, 15) is 19.2 Å². The highest BCUT2D eigenvalue weighted by molar-refractivity contribution is 7.17. The second kappa shape index (κ2) is 8.27. The zero-order valence-corrected chi connectivity index (χ0v) is 17.4. The molecule has 0 radical (unpaired) electrons. The van der Waals surface area contributed by atoms with Crippen LogP contribution in [0.3, 0.4) is 0 Å². The summed E-state index contributed by atoms with van der Waals surface area (Å²) in [5.74, 6) is -0.0349. The minimum Gasteiger partial charge on any atom is -0.368 e. The zero-order chi connectivity index (χ0) is 21.3. The van der Waals surface area contributed by atoms with Gasteiger partial charge in [-0.1, -0.05) is 0 Å². The number of hydrogen-bond acceptors (Lipinski definition) is 6. The smallest absolute Gasteiger partial charge is 0.328 e. The van der Waals surface area contributed by atoms with Gasteiger partial charge in [0.2, 0.25) is 5.91 Å². The Morgan fingerprint density at radius 1 is 1.03 bits per heavy atom. The first-order chi connectivity index (χ1) is 14.4. The number of nitrogens with zero attached hydrogens (tertiary/aromatic N) is 3. The van der Waals surface area contributed by atoms with E-state index < -0.39 is 5.69 Å². The van der Waals surface area contributed by atoms with Gasteiger partial charge in [0.25, 0.3) is 5.56 Å². The number of hydrogen-bond donors (Lipinski definition) is 1. The Morgan fingerprint density at radius 3 is 2.40 bits per heavy atom. The molecule has 8 nitrogen and oxygen atoms in total. The van der Waals surface area contributed by atoms with E-state index in [4.69, 9.17) is 0 Å². The third-order valence-corrected chi connectivity index (χ3v) is 6.31. The van der Waals surface area contributed by atoms with Crippen molar-refractivity contribution in [2.75, 3.05) is 31.1 Å². The fourth-order valence-electron chi connectivity index (χ4n) is 3.66. The van der Waals surface area contributed by atoms with Gasteiger partial charge in [-0.15, -0.1) is 11.3 Å². The number of aromatic nitrogens is 2. The number of H-pyrrole nitrogens is 1. The summed E-state index contributed by atoms with van der Waals surface area (Å²) >= 11 is 1.28. The van der Waals surface area contributed by atoms with Crippen LogP contribution in [-0.4, -0.2) is 52.3 Å². The number of benzene rings is 1. The molecule has 0 unspecified atom stereocenters. The molecule has 1 saturated heterocycles. The highest BCUT2D eigenvalue weighted by Gasteiger charge is 2.22. The molecular formula is C21H22N4O4S. The van der Waals surface area contributed by atoms with Gasteiger partial charge < -0.3 is 14.8 Å². The summed E-state index contributed by atoms with van der Waals surface area (Å²) in [5.41, 5.74) is 1.39. The van der Waals surface area contributed by atoms with Crippen molar-refractivity contribution in [2.24, 2.45) is 0 Å². The fourth-order valence-corrected chi connectivity index (χ4v) is 4.46. The first-order valence-corrected chi connectivity index (χ1v) is 10.7. The highest BCUT2D eigenvalue weighted by Crippen LogP contribution is 2.18. The van der Waals surface area contributed by atoms with Crippen LogP contribution in [0.25, 0.3) is 10.2 Å². The maximum atomic E-state index is 12.6. The molecule has 4 rings (SSSR count). The van der Waals surface area contributed by atoms with Crippen LogP contribution in [0.2, 0.25) is 0 Å². The van der Waals surface area contributed by atoms with Gasteiger partial charge in [-0.2, -0.15) is 0 Å². The standard InChI is InChI=1S/C21H22N4O4S/c1-14(26)15-2-4-16(5-3-15)23-9-11-24(12-10-23)18(27)6-8-25-20(28)19-17(7-13-30-19)22-21(25)29/h2-5,7,13H,6,8-12H2,1H3,(H,22,29). The lowest BCUT2D eigenvalue weighted by Gasteiger charge is -2.36. The summed E-state index contributed by atoms with van der Waals surface area (Å²) in [4.78, 5) is 55.3. The summed E-state index contributed by atoms with van der Waals surface area (Å²) in [6.07, 6.45) is 0.104. The van der Waals surface area contributed by atoms with Crippen LogP contribution >= 0.6 is 11.3 Å². The lowest BCUT2D eigenvalue weighted by molar-refractivity contribution is -0.131. The number of anilines is 1. The van der Waals surface area contributed by atoms with E-state index in [0.717, 1.165) is 10.3 Å². The highest BCUT2D eigenvalue weighted by atomic mass is 32.1. The molecule has 0 aliphatic carbocycles. The van der Waals surface area contributed by atoms with Gasteiger partial charge in [0.1, 0.15) is 4.70 Å². The van der Waals surface area contributed by atoms with Crippen molar-refractivity contribution < 1.29 is 9.59 Å². The molecule has 1 N–H and O–H groups in total. The van der Waals surface area contributed by atoms with Crippen molar-refractivity contribution in [3.63, 3.8) is 0 Å². The molecule has 9 heteroatoms. The summed E-state index contributed by atoms with van der Waals surface area (Å²) in [7, 11) is 0. The number of Topliss-reactive ketones (excluding diaryl/α,β-unsaturated/α-hetero) is 1. The molecule has 3 aromatic rings. The van der Waals surface area contributed by atoms with Gasteiger partial charge in [-0.05, 0) is 42.6 Å².